The summed E-state index contributed by atoms with van der Waals surface area (Å²) in [6.45, 7) is 11.3. The van der Waals surface area contributed by atoms with Crippen molar-refractivity contribution in [2.75, 3.05) is 26.2 Å². The first-order chi connectivity index (χ1) is 5.86. The number of rotatable bonds is 4. The zero-order chi connectivity index (χ0) is 8.81. The molecular weight excluding hydrogens is 150 g/mol. The predicted molar refractivity (Wildman–Crippen MR) is 51.2 cm³/mol. The van der Waals surface area contributed by atoms with Gasteiger partial charge in [-0.2, -0.15) is 0 Å². The van der Waals surface area contributed by atoms with Gasteiger partial charge in [0.15, 0.2) is 0 Å². The zero-order valence-corrected chi connectivity index (χ0v) is 7.54. The molecule has 0 aromatic carbocycles. The van der Waals surface area contributed by atoms with Gasteiger partial charge in [0.2, 0.25) is 0 Å². The number of ether oxygens (including phenoxy) is 1. The van der Waals surface area contributed by atoms with Gasteiger partial charge in [0.1, 0.15) is 0 Å². The lowest BCUT2D eigenvalue weighted by Crippen LogP contribution is -2.42. The Morgan fingerprint density at radius 1 is 1.42 bits per heavy atom. The van der Waals surface area contributed by atoms with Crippen molar-refractivity contribution < 1.29 is 4.74 Å². The van der Waals surface area contributed by atoms with Gasteiger partial charge in [-0.15, -0.1) is 13.2 Å². The smallest absolute Gasteiger partial charge is 0.0736 e. The SMILES string of the molecule is C=CCC1CN(CC=C)CCO1. The minimum atomic E-state index is 0.344. The van der Waals surface area contributed by atoms with E-state index in [2.05, 4.69) is 18.1 Å². The third kappa shape index (κ3) is 2.80. The molecule has 0 spiro atoms. The summed E-state index contributed by atoms with van der Waals surface area (Å²) in [6.07, 6.45) is 5.16. The van der Waals surface area contributed by atoms with Gasteiger partial charge >= 0.3 is 0 Å². The van der Waals surface area contributed by atoms with E-state index in [4.69, 9.17) is 4.74 Å². The first-order valence-electron chi connectivity index (χ1n) is 4.42. The maximum atomic E-state index is 5.55. The van der Waals surface area contributed by atoms with E-state index in [1.165, 1.54) is 0 Å². The maximum absolute atomic E-state index is 5.55. The molecule has 68 valence electrons. The van der Waals surface area contributed by atoms with Gasteiger partial charge in [-0.3, -0.25) is 4.90 Å². The summed E-state index contributed by atoms with van der Waals surface area (Å²) in [5, 5.41) is 0. The van der Waals surface area contributed by atoms with Gasteiger partial charge in [-0.1, -0.05) is 12.2 Å². The summed E-state index contributed by atoms with van der Waals surface area (Å²) in [5.74, 6) is 0. The molecular formula is C10H17NO. The third-order valence-corrected chi connectivity index (χ3v) is 2.04. The Morgan fingerprint density at radius 2 is 2.25 bits per heavy atom. The van der Waals surface area contributed by atoms with Crippen molar-refractivity contribution in [2.45, 2.75) is 12.5 Å². The van der Waals surface area contributed by atoms with Crippen molar-refractivity contribution in [3.8, 4) is 0 Å². The van der Waals surface area contributed by atoms with Crippen molar-refractivity contribution in [1.82, 2.24) is 4.90 Å². The van der Waals surface area contributed by atoms with E-state index in [-0.39, 0.29) is 0 Å². The molecule has 1 saturated heterocycles. The fourth-order valence-electron chi connectivity index (χ4n) is 1.46. The quantitative estimate of drug-likeness (QED) is 0.588. The standard InChI is InChI=1S/C10H17NO/c1-3-5-10-9-11(6-4-2)7-8-12-10/h3-4,10H,1-2,5-9H2. The van der Waals surface area contributed by atoms with Gasteiger partial charge in [0, 0.05) is 19.6 Å². The number of hydrogen-bond donors (Lipinski definition) is 0. The average Bonchev–Trinajstić information content (AvgIpc) is 2.06. The van der Waals surface area contributed by atoms with Gasteiger partial charge in [-0.05, 0) is 6.42 Å². The van der Waals surface area contributed by atoms with E-state index in [0.29, 0.717) is 6.10 Å². The van der Waals surface area contributed by atoms with E-state index in [1.54, 1.807) is 0 Å². The molecule has 0 aromatic rings. The molecule has 0 aliphatic carbocycles. The molecule has 0 aromatic heterocycles. The molecule has 2 heteroatoms. The molecule has 2 nitrogen and oxygen atoms in total. The zero-order valence-electron chi connectivity index (χ0n) is 7.54. The second-order valence-electron chi connectivity index (χ2n) is 3.07. The van der Waals surface area contributed by atoms with Crippen LogP contribution in [0.5, 0.6) is 0 Å². The lowest BCUT2D eigenvalue weighted by atomic mass is 10.2. The first kappa shape index (κ1) is 9.49. The van der Waals surface area contributed by atoms with Crippen molar-refractivity contribution in [2.24, 2.45) is 0 Å². The number of hydrogen-bond acceptors (Lipinski definition) is 2. The monoisotopic (exact) mass is 167 g/mol. The first-order valence-corrected chi connectivity index (χ1v) is 4.42. The summed E-state index contributed by atoms with van der Waals surface area (Å²) in [5.41, 5.74) is 0. The lowest BCUT2D eigenvalue weighted by Gasteiger charge is -2.31. The Hall–Kier alpha value is -0.600. The normalized spacial score (nSPS) is 25.2. The second-order valence-corrected chi connectivity index (χ2v) is 3.07. The molecule has 0 amide bonds. The molecule has 12 heavy (non-hydrogen) atoms. The van der Waals surface area contributed by atoms with Crippen LogP contribution in [0.25, 0.3) is 0 Å². The minimum absolute atomic E-state index is 0.344. The predicted octanol–water partition coefficient (Wildman–Crippen LogP) is 1.45. The average molecular weight is 167 g/mol. The molecule has 1 fully saturated rings. The van der Waals surface area contributed by atoms with Crippen LogP contribution in [0.4, 0.5) is 0 Å². The summed E-state index contributed by atoms with van der Waals surface area (Å²) < 4.78 is 5.55. The molecule has 1 rings (SSSR count). The van der Waals surface area contributed by atoms with E-state index >= 15 is 0 Å². The van der Waals surface area contributed by atoms with E-state index in [0.717, 1.165) is 32.7 Å². The summed E-state index contributed by atoms with van der Waals surface area (Å²) in [7, 11) is 0. The maximum Gasteiger partial charge on any atom is 0.0736 e. The van der Waals surface area contributed by atoms with E-state index < -0.39 is 0 Å². The molecule has 0 saturated carbocycles. The van der Waals surface area contributed by atoms with Crippen LogP contribution < -0.4 is 0 Å². The fraction of sp³-hybridized carbons (Fsp3) is 0.600. The van der Waals surface area contributed by atoms with E-state index in [9.17, 15) is 0 Å². The van der Waals surface area contributed by atoms with E-state index in [1.807, 2.05) is 12.2 Å². The van der Waals surface area contributed by atoms with Crippen molar-refractivity contribution in [1.29, 1.82) is 0 Å². The molecule has 1 aliphatic rings. The highest BCUT2D eigenvalue weighted by Crippen LogP contribution is 2.08. The summed E-state index contributed by atoms with van der Waals surface area (Å²) in [4.78, 5) is 2.35. The van der Waals surface area contributed by atoms with Crippen molar-refractivity contribution in [3.05, 3.63) is 25.3 Å². The highest BCUT2D eigenvalue weighted by atomic mass is 16.5. The second kappa shape index (κ2) is 5.12. The Bertz CT molecular complexity index is 140. The minimum Gasteiger partial charge on any atom is -0.375 e. The van der Waals surface area contributed by atoms with Crippen molar-refractivity contribution in [3.63, 3.8) is 0 Å². The van der Waals surface area contributed by atoms with Gasteiger partial charge in [0.25, 0.3) is 0 Å². The van der Waals surface area contributed by atoms with Crippen LogP contribution in [0.3, 0.4) is 0 Å². The molecule has 0 N–H and O–H groups in total. The summed E-state index contributed by atoms with van der Waals surface area (Å²) in [6, 6.07) is 0. The highest BCUT2D eigenvalue weighted by Gasteiger charge is 2.17. The van der Waals surface area contributed by atoms with Gasteiger partial charge < -0.3 is 4.74 Å². The lowest BCUT2D eigenvalue weighted by molar-refractivity contribution is -0.0222. The molecule has 1 heterocycles. The summed E-state index contributed by atoms with van der Waals surface area (Å²) >= 11 is 0. The molecule has 0 bridgehead atoms. The van der Waals surface area contributed by atoms with Crippen LogP contribution in [0.2, 0.25) is 0 Å². The number of nitrogens with zero attached hydrogens (tertiary/aromatic N) is 1. The third-order valence-electron chi connectivity index (χ3n) is 2.04. The Kier molecular flexibility index (Phi) is 4.05. The van der Waals surface area contributed by atoms with Crippen LogP contribution >= 0.6 is 0 Å². The largest absolute Gasteiger partial charge is 0.375 e. The van der Waals surface area contributed by atoms with Gasteiger partial charge in [0.05, 0.1) is 12.7 Å². The van der Waals surface area contributed by atoms with Crippen LogP contribution in [-0.4, -0.2) is 37.2 Å². The Morgan fingerprint density at radius 3 is 2.92 bits per heavy atom. The van der Waals surface area contributed by atoms with Crippen LogP contribution in [-0.2, 0) is 4.74 Å². The highest BCUT2D eigenvalue weighted by molar-refractivity contribution is 4.82. The van der Waals surface area contributed by atoms with Crippen molar-refractivity contribution >= 4 is 0 Å². The molecule has 0 radical (unpaired) electrons. The Balaban J connectivity index is 2.29. The Labute approximate surface area is 74.5 Å². The van der Waals surface area contributed by atoms with Crippen LogP contribution in [0.15, 0.2) is 25.3 Å². The topological polar surface area (TPSA) is 12.5 Å². The van der Waals surface area contributed by atoms with Crippen LogP contribution in [0.1, 0.15) is 6.42 Å². The molecule has 1 unspecified atom stereocenters. The molecule has 1 atom stereocenters. The number of morpholine rings is 1. The van der Waals surface area contributed by atoms with Crippen LogP contribution in [0, 0.1) is 0 Å². The fourth-order valence-corrected chi connectivity index (χ4v) is 1.46. The molecule has 1 aliphatic heterocycles. The van der Waals surface area contributed by atoms with Gasteiger partial charge in [-0.25, -0.2) is 0 Å².